The number of aromatic nitrogens is 3. The Kier molecular flexibility index (Phi) is 6.70. The molecule has 1 N–H and O–H groups in total. The fourth-order valence-corrected chi connectivity index (χ4v) is 8.27. The third-order valence-electron chi connectivity index (χ3n) is 9.71. The van der Waals surface area contributed by atoms with Crippen LogP contribution in [-0.4, -0.2) is 20.7 Å². The monoisotopic (exact) mass is 617 g/mol. The molecule has 3 aliphatic carbocycles. The summed E-state index contributed by atoms with van der Waals surface area (Å²) in [6, 6.07) is 37.7. The lowest BCUT2D eigenvalue weighted by molar-refractivity contribution is -0.127. The van der Waals surface area contributed by atoms with Gasteiger partial charge in [-0.1, -0.05) is 103 Å². The summed E-state index contributed by atoms with van der Waals surface area (Å²) in [7, 11) is 0. The van der Waals surface area contributed by atoms with Gasteiger partial charge in [0, 0.05) is 29.5 Å². The number of benzene rings is 4. The topological polar surface area (TPSA) is 83.6 Å². The Balaban J connectivity index is 0.981. The van der Waals surface area contributed by atoms with E-state index in [0.717, 1.165) is 51.2 Å². The number of amides is 1. The number of thiazole rings is 1. The average Bonchev–Trinajstić information content (AvgIpc) is 3.75. The van der Waals surface area contributed by atoms with Crippen molar-refractivity contribution in [1.29, 1.82) is 5.26 Å². The molecule has 224 valence electrons. The predicted molar refractivity (Wildman–Crippen MR) is 181 cm³/mol. The fraction of sp³-hybridized carbons (Fsp3) is 0.179. The third-order valence-corrected chi connectivity index (χ3v) is 10.5. The Morgan fingerprint density at radius 2 is 1.59 bits per heavy atom. The Bertz CT molecular complexity index is 2080. The maximum absolute atomic E-state index is 14.1. The van der Waals surface area contributed by atoms with Crippen LogP contribution in [0.5, 0.6) is 0 Å². The summed E-state index contributed by atoms with van der Waals surface area (Å²) in [6.07, 6.45) is 5.07. The van der Waals surface area contributed by atoms with Gasteiger partial charge in [0.2, 0.25) is 5.91 Å². The minimum Gasteiger partial charge on any atom is -0.301 e. The molecule has 4 aromatic carbocycles. The van der Waals surface area contributed by atoms with Gasteiger partial charge in [0.25, 0.3) is 0 Å². The zero-order valence-electron chi connectivity index (χ0n) is 25.4. The number of fused-ring (bicyclic) bond motifs is 1. The van der Waals surface area contributed by atoms with Crippen LogP contribution in [0.25, 0.3) is 11.1 Å². The van der Waals surface area contributed by atoms with Crippen molar-refractivity contribution in [3.8, 4) is 17.2 Å². The van der Waals surface area contributed by atoms with Crippen LogP contribution >= 0.6 is 11.3 Å². The summed E-state index contributed by atoms with van der Waals surface area (Å²) in [5.74, 6) is -0.238. The first-order valence-electron chi connectivity index (χ1n) is 15.5. The Hall–Kier alpha value is -5.32. The molecule has 6 nitrogen and oxygen atoms in total. The van der Waals surface area contributed by atoms with Crippen molar-refractivity contribution < 1.29 is 4.79 Å². The van der Waals surface area contributed by atoms with Gasteiger partial charge in [-0.25, -0.2) is 4.98 Å². The quantitative estimate of drug-likeness (QED) is 0.197. The molecule has 1 unspecified atom stereocenters. The summed E-state index contributed by atoms with van der Waals surface area (Å²) in [4.78, 5) is 18.9. The molecule has 1 atom stereocenters. The molecule has 1 amide bonds. The molecule has 9 rings (SSSR count). The highest BCUT2D eigenvalue weighted by atomic mass is 32.1. The molecule has 7 heteroatoms. The molecule has 2 aromatic heterocycles. The maximum atomic E-state index is 14.1. The van der Waals surface area contributed by atoms with E-state index in [9.17, 15) is 10.1 Å². The second-order valence-corrected chi connectivity index (χ2v) is 13.5. The lowest BCUT2D eigenvalue weighted by atomic mass is 9.47. The molecule has 0 fully saturated rings. The zero-order valence-corrected chi connectivity index (χ0v) is 26.2. The first kappa shape index (κ1) is 28.2. The molecule has 0 aliphatic heterocycles. The number of carbonyl (C=O) groups excluding carboxylic acids is 1. The molecule has 2 bridgehead atoms. The van der Waals surface area contributed by atoms with Gasteiger partial charge in [-0.3, -0.25) is 9.48 Å². The van der Waals surface area contributed by atoms with Crippen LogP contribution in [0.1, 0.15) is 58.3 Å². The first-order valence-corrected chi connectivity index (χ1v) is 16.4. The number of nitriles is 1. The van der Waals surface area contributed by atoms with Crippen molar-refractivity contribution in [3.63, 3.8) is 0 Å². The second-order valence-electron chi connectivity index (χ2n) is 12.6. The molecular weight excluding hydrogens is 587 g/mol. The average molecular weight is 618 g/mol. The van der Waals surface area contributed by atoms with Crippen molar-refractivity contribution in [1.82, 2.24) is 14.8 Å². The normalized spacial score (nSPS) is 20.8. The minimum absolute atomic E-state index is 0.0980. The van der Waals surface area contributed by atoms with Crippen LogP contribution in [0.15, 0.2) is 121 Å². The van der Waals surface area contributed by atoms with Crippen LogP contribution in [-0.2, 0) is 23.2 Å². The number of carbonyl (C=O) groups is 1. The van der Waals surface area contributed by atoms with E-state index in [2.05, 4.69) is 83.3 Å². The highest BCUT2D eigenvalue weighted by molar-refractivity contribution is 7.13. The summed E-state index contributed by atoms with van der Waals surface area (Å²) in [5.41, 5.74) is 7.96. The molecule has 3 aliphatic rings. The first-order chi connectivity index (χ1) is 22.5. The summed E-state index contributed by atoms with van der Waals surface area (Å²) >= 11 is 1.44. The van der Waals surface area contributed by atoms with Crippen molar-refractivity contribution >= 4 is 22.4 Å². The second kappa shape index (κ2) is 10.9. The van der Waals surface area contributed by atoms with Gasteiger partial charge < -0.3 is 5.32 Å². The van der Waals surface area contributed by atoms with Gasteiger partial charge >= 0.3 is 0 Å². The van der Waals surface area contributed by atoms with Gasteiger partial charge in [0.1, 0.15) is 5.41 Å². The Labute approximate surface area is 272 Å². The van der Waals surface area contributed by atoms with E-state index >= 15 is 0 Å². The number of hydrogen-bond donors (Lipinski definition) is 1. The van der Waals surface area contributed by atoms with Crippen LogP contribution in [0.3, 0.4) is 0 Å². The number of nitrogens with one attached hydrogen (secondary N) is 1. The zero-order chi connectivity index (χ0) is 31.3. The Morgan fingerprint density at radius 1 is 0.913 bits per heavy atom. The van der Waals surface area contributed by atoms with E-state index in [4.69, 9.17) is 4.98 Å². The summed E-state index contributed by atoms with van der Waals surface area (Å²) in [5, 5.41) is 20.9. The van der Waals surface area contributed by atoms with Crippen molar-refractivity contribution in [2.45, 2.75) is 37.6 Å². The lowest BCUT2D eigenvalue weighted by Crippen LogP contribution is -2.53. The molecule has 0 saturated heterocycles. The highest BCUT2D eigenvalue weighted by Gasteiger charge is 2.61. The van der Waals surface area contributed by atoms with E-state index in [0.29, 0.717) is 18.0 Å². The summed E-state index contributed by atoms with van der Waals surface area (Å²) in [6.45, 7) is 2.74. The SMILES string of the molecule is CC1(C(=O)Nc2nc(Cc3ccc(-c4cnn(Cc5ccccc5)c4)cc3)cs2)CC2(C#N)c3ccccc3C1c1ccccc12. The number of rotatable bonds is 7. The van der Waals surface area contributed by atoms with E-state index in [1.807, 2.05) is 65.6 Å². The van der Waals surface area contributed by atoms with Gasteiger partial charge in [-0.2, -0.15) is 10.4 Å². The number of anilines is 1. The van der Waals surface area contributed by atoms with Gasteiger partial charge in [-0.15, -0.1) is 11.3 Å². The third kappa shape index (κ3) is 4.57. The molecular formula is C39H31N5OS. The molecule has 6 aromatic rings. The standard InChI is InChI=1S/C39H31N5OS/c1-38(24-39(25-40)33-13-7-5-11-31(33)35(38)32-12-6-8-14-34(32)39)36(45)43-37-42-30(23-46-37)19-26-15-17-28(18-16-26)29-20-41-44(22-29)21-27-9-3-2-4-10-27/h2-18,20,22-23,35H,19,21,24H2,1H3,(H,42,43,45). The van der Waals surface area contributed by atoms with E-state index in [1.54, 1.807) is 0 Å². The van der Waals surface area contributed by atoms with E-state index in [-0.39, 0.29) is 11.8 Å². The molecule has 2 heterocycles. The molecule has 0 saturated carbocycles. The smallest absolute Gasteiger partial charge is 0.233 e. The molecule has 46 heavy (non-hydrogen) atoms. The van der Waals surface area contributed by atoms with Gasteiger partial charge in [-0.05, 0) is 52.3 Å². The van der Waals surface area contributed by atoms with Crippen molar-refractivity contribution in [2.24, 2.45) is 5.41 Å². The highest BCUT2D eigenvalue weighted by Crippen LogP contribution is 2.63. The minimum atomic E-state index is -0.866. The largest absolute Gasteiger partial charge is 0.301 e. The van der Waals surface area contributed by atoms with Crippen LogP contribution < -0.4 is 5.32 Å². The summed E-state index contributed by atoms with van der Waals surface area (Å²) < 4.78 is 1.96. The van der Waals surface area contributed by atoms with Crippen LogP contribution in [0, 0.1) is 16.7 Å². The Morgan fingerprint density at radius 3 is 2.28 bits per heavy atom. The molecule has 0 spiro atoms. The number of hydrogen-bond acceptors (Lipinski definition) is 5. The van der Waals surface area contributed by atoms with Gasteiger partial charge in [0.15, 0.2) is 5.13 Å². The maximum Gasteiger partial charge on any atom is 0.233 e. The predicted octanol–water partition coefficient (Wildman–Crippen LogP) is 7.95. The fourth-order valence-electron chi connectivity index (χ4n) is 7.57. The molecule has 0 radical (unpaired) electrons. The van der Waals surface area contributed by atoms with Gasteiger partial charge in [0.05, 0.1) is 29.9 Å². The lowest BCUT2D eigenvalue weighted by Gasteiger charge is -2.54. The number of nitrogens with zero attached hydrogens (tertiary/aromatic N) is 4. The van der Waals surface area contributed by atoms with Crippen LogP contribution in [0.2, 0.25) is 0 Å². The van der Waals surface area contributed by atoms with Crippen molar-refractivity contribution in [2.75, 3.05) is 5.32 Å². The van der Waals surface area contributed by atoms with E-state index < -0.39 is 10.8 Å². The van der Waals surface area contributed by atoms with E-state index in [1.165, 1.54) is 16.9 Å². The van der Waals surface area contributed by atoms with Crippen molar-refractivity contribution in [3.05, 3.63) is 160 Å². The van der Waals surface area contributed by atoms with Crippen LogP contribution in [0.4, 0.5) is 5.13 Å².